The van der Waals surface area contributed by atoms with Crippen LogP contribution in [0.25, 0.3) is 0 Å². The van der Waals surface area contributed by atoms with E-state index in [0.717, 1.165) is 18.5 Å². The summed E-state index contributed by atoms with van der Waals surface area (Å²) in [4.78, 5) is 24.2. The van der Waals surface area contributed by atoms with Gasteiger partial charge in [-0.05, 0) is 49.2 Å². The first-order valence-corrected chi connectivity index (χ1v) is 7.91. The van der Waals surface area contributed by atoms with Crippen LogP contribution in [0, 0.1) is 5.92 Å². The SMILES string of the molecule is CCC(CC)C(=O)Nc1ccc(C(=O)Nc2ccccc2)cc1. The molecule has 120 valence electrons. The van der Waals surface area contributed by atoms with Gasteiger partial charge in [-0.2, -0.15) is 0 Å². The van der Waals surface area contributed by atoms with Crippen LogP contribution in [0.2, 0.25) is 0 Å². The van der Waals surface area contributed by atoms with Crippen molar-refractivity contribution in [1.82, 2.24) is 0 Å². The fourth-order valence-electron chi connectivity index (χ4n) is 2.33. The number of nitrogens with one attached hydrogen (secondary N) is 2. The minimum atomic E-state index is -0.172. The van der Waals surface area contributed by atoms with Gasteiger partial charge in [0.2, 0.25) is 5.91 Å². The molecule has 0 atom stereocenters. The average Bonchev–Trinajstić information content (AvgIpc) is 2.57. The van der Waals surface area contributed by atoms with Gasteiger partial charge in [-0.15, -0.1) is 0 Å². The van der Waals surface area contributed by atoms with Gasteiger partial charge in [0.1, 0.15) is 0 Å². The van der Waals surface area contributed by atoms with Crippen molar-refractivity contribution in [1.29, 1.82) is 0 Å². The van der Waals surface area contributed by atoms with Crippen LogP contribution in [-0.2, 0) is 4.79 Å². The number of carbonyl (C=O) groups excluding carboxylic acids is 2. The third-order valence-corrected chi connectivity index (χ3v) is 3.80. The van der Waals surface area contributed by atoms with Crippen molar-refractivity contribution >= 4 is 23.2 Å². The Morgan fingerprint density at radius 3 is 1.96 bits per heavy atom. The van der Waals surface area contributed by atoms with E-state index in [9.17, 15) is 9.59 Å². The molecule has 0 spiro atoms. The lowest BCUT2D eigenvalue weighted by Gasteiger charge is -2.13. The summed E-state index contributed by atoms with van der Waals surface area (Å²) in [5.41, 5.74) is 2.01. The van der Waals surface area contributed by atoms with Crippen LogP contribution < -0.4 is 10.6 Å². The standard InChI is InChI=1S/C19H22N2O2/c1-3-14(4-2)18(22)21-17-12-10-15(11-13-17)19(23)20-16-8-6-5-7-9-16/h5-14H,3-4H2,1-2H3,(H,20,23)(H,21,22). The topological polar surface area (TPSA) is 58.2 Å². The maximum atomic E-state index is 12.1. The Labute approximate surface area is 136 Å². The molecule has 0 aliphatic heterocycles. The molecular formula is C19H22N2O2. The molecule has 0 heterocycles. The van der Waals surface area contributed by atoms with E-state index in [4.69, 9.17) is 0 Å². The highest BCUT2D eigenvalue weighted by atomic mass is 16.2. The molecule has 0 bridgehead atoms. The molecular weight excluding hydrogens is 288 g/mol. The minimum absolute atomic E-state index is 0.0241. The molecule has 4 heteroatoms. The monoisotopic (exact) mass is 310 g/mol. The lowest BCUT2D eigenvalue weighted by molar-refractivity contribution is -0.120. The van der Waals surface area contributed by atoms with Gasteiger partial charge >= 0.3 is 0 Å². The van der Waals surface area contributed by atoms with Gasteiger partial charge in [0.25, 0.3) is 5.91 Å². The van der Waals surface area contributed by atoms with E-state index in [1.54, 1.807) is 24.3 Å². The second-order valence-electron chi connectivity index (χ2n) is 5.40. The third kappa shape index (κ3) is 4.68. The Bertz CT molecular complexity index is 647. The van der Waals surface area contributed by atoms with Gasteiger partial charge in [-0.1, -0.05) is 32.0 Å². The molecule has 2 rings (SSSR count). The molecule has 2 aromatic rings. The minimum Gasteiger partial charge on any atom is -0.326 e. The lowest BCUT2D eigenvalue weighted by Crippen LogP contribution is -2.21. The number of para-hydroxylation sites is 1. The Morgan fingerprint density at radius 1 is 0.826 bits per heavy atom. The molecule has 0 radical (unpaired) electrons. The number of anilines is 2. The third-order valence-electron chi connectivity index (χ3n) is 3.80. The maximum absolute atomic E-state index is 12.1. The van der Waals surface area contributed by atoms with E-state index in [2.05, 4.69) is 10.6 Å². The van der Waals surface area contributed by atoms with Crippen LogP contribution in [0.1, 0.15) is 37.0 Å². The van der Waals surface area contributed by atoms with Crippen molar-refractivity contribution in [2.75, 3.05) is 10.6 Å². The molecule has 2 N–H and O–H groups in total. The van der Waals surface area contributed by atoms with Crippen LogP contribution in [0.15, 0.2) is 54.6 Å². The van der Waals surface area contributed by atoms with Gasteiger partial charge < -0.3 is 10.6 Å². The largest absolute Gasteiger partial charge is 0.326 e. The first-order valence-electron chi connectivity index (χ1n) is 7.91. The molecule has 0 aromatic heterocycles. The predicted molar refractivity (Wildman–Crippen MR) is 93.5 cm³/mol. The summed E-state index contributed by atoms with van der Waals surface area (Å²) in [5.74, 6) is -0.124. The first-order chi connectivity index (χ1) is 11.1. The highest BCUT2D eigenvalue weighted by molar-refractivity contribution is 6.04. The Morgan fingerprint density at radius 2 is 1.39 bits per heavy atom. The van der Waals surface area contributed by atoms with Gasteiger partial charge in [0.05, 0.1) is 0 Å². The molecule has 0 aliphatic carbocycles. The molecule has 0 aliphatic rings. The number of benzene rings is 2. The summed E-state index contributed by atoms with van der Waals surface area (Å²) in [5, 5.41) is 5.72. The van der Waals surface area contributed by atoms with Crippen molar-refractivity contribution in [2.45, 2.75) is 26.7 Å². The van der Waals surface area contributed by atoms with Crippen LogP contribution in [0.3, 0.4) is 0 Å². The fraction of sp³-hybridized carbons (Fsp3) is 0.263. The van der Waals surface area contributed by atoms with Gasteiger partial charge in [0, 0.05) is 22.9 Å². The van der Waals surface area contributed by atoms with E-state index < -0.39 is 0 Å². The summed E-state index contributed by atoms with van der Waals surface area (Å²) >= 11 is 0. The average molecular weight is 310 g/mol. The van der Waals surface area contributed by atoms with Crippen molar-refractivity contribution in [3.63, 3.8) is 0 Å². The van der Waals surface area contributed by atoms with E-state index in [0.29, 0.717) is 11.3 Å². The summed E-state index contributed by atoms with van der Waals surface area (Å²) in [6.45, 7) is 4.01. The fourth-order valence-corrected chi connectivity index (χ4v) is 2.33. The zero-order valence-corrected chi connectivity index (χ0v) is 13.5. The lowest BCUT2D eigenvalue weighted by atomic mass is 10.0. The maximum Gasteiger partial charge on any atom is 0.255 e. The van der Waals surface area contributed by atoms with Crippen molar-refractivity contribution in [3.8, 4) is 0 Å². The predicted octanol–water partition coefficient (Wildman–Crippen LogP) is 4.31. The highest BCUT2D eigenvalue weighted by Gasteiger charge is 2.14. The Balaban J connectivity index is 1.99. The molecule has 0 unspecified atom stereocenters. The number of hydrogen-bond donors (Lipinski definition) is 2. The zero-order valence-electron chi connectivity index (χ0n) is 13.5. The van der Waals surface area contributed by atoms with Crippen LogP contribution >= 0.6 is 0 Å². The first kappa shape index (κ1) is 16.7. The summed E-state index contributed by atoms with van der Waals surface area (Å²) in [6, 6.07) is 16.2. The van der Waals surface area contributed by atoms with Crippen LogP contribution in [-0.4, -0.2) is 11.8 Å². The second-order valence-corrected chi connectivity index (χ2v) is 5.40. The quantitative estimate of drug-likeness (QED) is 0.835. The van der Waals surface area contributed by atoms with Crippen molar-refractivity contribution < 1.29 is 9.59 Å². The number of amides is 2. The molecule has 0 saturated heterocycles. The second kappa shape index (κ2) is 8.13. The number of hydrogen-bond acceptors (Lipinski definition) is 2. The smallest absolute Gasteiger partial charge is 0.255 e. The highest BCUT2D eigenvalue weighted by Crippen LogP contribution is 2.15. The molecule has 2 aromatic carbocycles. The van der Waals surface area contributed by atoms with Gasteiger partial charge in [0.15, 0.2) is 0 Å². The van der Waals surface area contributed by atoms with E-state index in [1.807, 2.05) is 44.2 Å². The summed E-state index contributed by atoms with van der Waals surface area (Å²) in [7, 11) is 0. The normalized spacial score (nSPS) is 10.4. The Kier molecular flexibility index (Phi) is 5.92. The summed E-state index contributed by atoms with van der Waals surface area (Å²) in [6.07, 6.45) is 1.64. The van der Waals surface area contributed by atoms with Gasteiger partial charge in [-0.25, -0.2) is 0 Å². The summed E-state index contributed by atoms with van der Waals surface area (Å²) < 4.78 is 0. The van der Waals surface area contributed by atoms with Crippen molar-refractivity contribution in [2.24, 2.45) is 5.92 Å². The zero-order chi connectivity index (χ0) is 16.7. The molecule has 4 nitrogen and oxygen atoms in total. The Hall–Kier alpha value is -2.62. The number of rotatable bonds is 6. The van der Waals surface area contributed by atoms with E-state index >= 15 is 0 Å². The molecule has 0 saturated carbocycles. The van der Waals surface area contributed by atoms with Gasteiger partial charge in [-0.3, -0.25) is 9.59 Å². The van der Waals surface area contributed by atoms with E-state index in [1.165, 1.54) is 0 Å². The molecule has 23 heavy (non-hydrogen) atoms. The van der Waals surface area contributed by atoms with E-state index in [-0.39, 0.29) is 17.7 Å². The van der Waals surface area contributed by atoms with Crippen molar-refractivity contribution in [3.05, 3.63) is 60.2 Å². The number of carbonyl (C=O) groups is 2. The molecule has 0 fully saturated rings. The molecule has 2 amide bonds. The van der Waals surface area contributed by atoms with Crippen LogP contribution in [0.4, 0.5) is 11.4 Å². The van der Waals surface area contributed by atoms with Crippen LogP contribution in [0.5, 0.6) is 0 Å².